The molecule has 0 atom stereocenters. The molecule has 3 aromatic carbocycles. The molecule has 2 N–H and O–H groups in total. The number of nitrogens with one attached hydrogen (secondary N) is 2. The number of para-hydroxylation sites is 2. The lowest BCUT2D eigenvalue weighted by atomic mass is 10.1. The second-order valence-electron chi connectivity index (χ2n) is 7.74. The van der Waals surface area contributed by atoms with Gasteiger partial charge in [-0.2, -0.15) is 0 Å². The van der Waals surface area contributed by atoms with E-state index in [1.807, 2.05) is 19.1 Å². The van der Waals surface area contributed by atoms with Gasteiger partial charge in [0.05, 0.1) is 5.39 Å². The predicted molar refractivity (Wildman–Crippen MR) is 130 cm³/mol. The van der Waals surface area contributed by atoms with Gasteiger partial charge in [-0.3, -0.25) is 14.4 Å². The first-order valence-corrected chi connectivity index (χ1v) is 10.8. The molecule has 0 saturated heterocycles. The Hall–Kier alpha value is -4.65. The Morgan fingerprint density at radius 3 is 2.29 bits per heavy atom. The highest BCUT2D eigenvalue weighted by atomic mass is 16.4. The van der Waals surface area contributed by atoms with Crippen LogP contribution in [0, 0.1) is 0 Å². The lowest BCUT2D eigenvalue weighted by Gasteiger charge is -2.08. The smallest absolute Gasteiger partial charge is 0.293 e. The van der Waals surface area contributed by atoms with Crippen LogP contribution in [-0.4, -0.2) is 11.8 Å². The van der Waals surface area contributed by atoms with E-state index in [0.717, 1.165) is 18.1 Å². The van der Waals surface area contributed by atoms with Crippen molar-refractivity contribution in [2.75, 3.05) is 10.6 Å². The van der Waals surface area contributed by atoms with Gasteiger partial charge in [0.15, 0.2) is 11.2 Å². The first-order valence-electron chi connectivity index (χ1n) is 10.8. The van der Waals surface area contributed by atoms with Gasteiger partial charge < -0.3 is 19.5 Å². The van der Waals surface area contributed by atoms with Crippen molar-refractivity contribution in [1.29, 1.82) is 0 Å². The van der Waals surface area contributed by atoms with Crippen LogP contribution in [0.1, 0.15) is 33.6 Å². The van der Waals surface area contributed by atoms with Crippen molar-refractivity contribution < 1.29 is 18.4 Å². The highest BCUT2D eigenvalue weighted by Crippen LogP contribution is 2.32. The molecule has 0 radical (unpaired) electrons. The minimum atomic E-state index is -0.668. The van der Waals surface area contributed by atoms with Crippen molar-refractivity contribution >= 4 is 45.1 Å². The van der Waals surface area contributed by atoms with E-state index in [1.54, 1.807) is 60.7 Å². The van der Waals surface area contributed by atoms with Gasteiger partial charge in [0, 0.05) is 17.1 Å². The Labute approximate surface area is 194 Å². The van der Waals surface area contributed by atoms with E-state index in [-0.39, 0.29) is 22.6 Å². The number of furan rings is 1. The molecule has 7 heteroatoms. The van der Waals surface area contributed by atoms with Crippen LogP contribution in [0.4, 0.5) is 11.4 Å². The van der Waals surface area contributed by atoms with Crippen molar-refractivity contribution in [2.24, 2.45) is 0 Å². The molecule has 2 heterocycles. The van der Waals surface area contributed by atoms with Gasteiger partial charge in [0.1, 0.15) is 16.9 Å². The fourth-order valence-electron chi connectivity index (χ4n) is 3.75. The van der Waals surface area contributed by atoms with Gasteiger partial charge in [-0.15, -0.1) is 0 Å². The fraction of sp³-hybridized carbons (Fsp3) is 0.0741. The molecule has 2 amide bonds. The summed E-state index contributed by atoms with van der Waals surface area (Å²) >= 11 is 0. The Balaban J connectivity index is 1.52. The first kappa shape index (κ1) is 21.2. The van der Waals surface area contributed by atoms with Crippen LogP contribution in [-0.2, 0) is 6.42 Å². The SMILES string of the molecule is CCc1ccc2oc(C(=O)Nc3c(C(=O)Nc4ccccc4)oc4ccccc34)cc(=O)c2c1. The van der Waals surface area contributed by atoms with E-state index in [9.17, 15) is 14.4 Å². The minimum absolute atomic E-state index is 0.0610. The van der Waals surface area contributed by atoms with Crippen LogP contribution in [0.25, 0.3) is 21.9 Å². The second kappa shape index (κ2) is 8.71. The number of carbonyl (C=O) groups excluding carboxylic acids is 2. The van der Waals surface area contributed by atoms with Gasteiger partial charge in [-0.25, -0.2) is 0 Å². The van der Waals surface area contributed by atoms with Crippen LogP contribution in [0.5, 0.6) is 0 Å². The Bertz CT molecular complexity index is 1600. The molecule has 5 rings (SSSR count). The average Bonchev–Trinajstić information content (AvgIpc) is 3.23. The average molecular weight is 452 g/mol. The topological polar surface area (TPSA) is 102 Å². The lowest BCUT2D eigenvalue weighted by Crippen LogP contribution is -2.18. The van der Waals surface area contributed by atoms with Crippen molar-refractivity contribution in [3.63, 3.8) is 0 Å². The van der Waals surface area contributed by atoms with E-state index in [1.165, 1.54) is 0 Å². The monoisotopic (exact) mass is 452 g/mol. The summed E-state index contributed by atoms with van der Waals surface area (Å²) in [5.41, 5.74) is 2.20. The van der Waals surface area contributed by atoms with Crippen LogP contribution in [0.3, 0.4) is 0 Å². The maximum atomic E-state index is 13.1. The van der Waals surface area contributed by atoms with Crippen LogP contribution >= 0.6 is 0 Å². The highest BCUT2D eigenvalue weighted by Gasteiger charge is 2.24. The van der Waals surface area contributed by atoms with Gasteiger partial charge in [0.25, 0.3) is 11.8 Å². The van der Waals surface area contributed by atoms with E-state index in [4.69, 9.17) is 8.83 Å². The highest BCUT2D eigenvalue weighted by molar-refractivity contribution is 6.16. The molecule has 0 aliphatic carbocycles. The number of benzene rings is 3. The molecular weight excluding hydrogens is 432 g/mol. The number of carbonyl (C=O) groups is 2. The zero-order valence-corrected chi connectivity index (χ0v) is 18.3. The molecule has 2 aromatic heterocycles. The number of rotatable bonds is 5. The predicted octanol–water partition coefficient (Wildman–Crippen LogP) is 5.61. The van der Waals surface area contributed by atoms with Crippen molar-refractivity contribution in [3.8, 4) is 0 Å². The number of hydrogen-bond acceptors (Lipinski definition) is 5. The molecular formula is C27H20N2O5. The third-order valence-electron chi connectivity index (χ3n) is 5.50. The van der Waals surface area contributed by atoms with Crippen molar-refractivity contribution in [1.82, 2.24) is 0 Å². The van der Waals surface area contributed by atoms with Gasteiger partial charge in [0.2, 0.25) is 5.76 Å². The maximum Gasteiger partial charge on any atom is 0.293 e. The summed E-state index contributed by atoms with van der Waals surface area (Å²) in [6.45, 7) is 1.99. The molecule has 0 saturated carbocycles. The Kier molecular flexibility index (Phi) is 5.43. The van der Waals surface area contributed by atoms with Gasteiger partial charge in [-0.05, 0) is 48.4 Å². The zero-order chi connectivity index (χ0) is 23.7. The standard InChI is InChI=1S/C27H20N2O5/c1-2-16-12-13-22-19(14-16)20(30)15-23(33-22)26(31)29-24-18-10-6-7-11-21(18)34-25(24)27(32)28-17-8-4-3-5-9-17/h3-15H,2H2,1H3,(H,28,32)(H,29,31). The quantitative estimate of drug-likeness (QED) is 0.361. The largest absolute Gasteiger partial charge is 0.451 e. The summed E-state index contributed by atoms with van der Waals surface area (Å²) in [4.78, 5) is 38.7. The third kappa shape index (κ3) is 3.95. The maximum absolute atomic E-state index is 13.1. The first-order chi connectivity index (χ1) is 16.5. The lowest BCUT2D eigenvalue weighted by molar-refractivity contribution is 0.0996. The molecule has 34 heavy (non-hydrogen) atoms. The van der Waals surface area contributed by atoms with Crippen LogP contribution < -0.4 is 16.1 Å². The fourth-order valence-corrected chi connectivity index (χ4v) is 3.75. The third-order valence-corrected chi connectivity index (χ3v) is 5.50. The Morgan fingerprint density at radius 1 is 0.765 bits per heavy atom. The number of aryl methyl sites for hydroxylation is 1. The zero-order valence-electron chi connectivity index (χ0n) is 18.3. The van der Waals surface area contributed by atoms with Crippen LogP contribution in [0.15, 0.2) is 92.5 Å². The summed E-state index contributed by atoms with van der Waals surface area (Å²) in [7, 11) is 0. The number of fused-ring (bicyclic) bond motifs is 2. The van der Waals surface area contributed by atoms with Gasteiger partial charge >= 0.3 is 0 Å². The molecule has 0 spiro atoms. The summed E-state index contributed by atoms with van der Waals surface area (Å²) in [5, 5.41) is 6.42. The second-order valence-corrected chi connectivity index (χ2v) is 7.74. The number of hydrogen-bond donors (Lipinski definition) is 2. The molecule has 5 aromatic rings. The van der Waals surface area contributed by atoms with E-state index in [0.29, 0.717) is 27.6 Å². The molecule has 0 bridgehead atoms. The van der Waals surface area contributed by atoms with Crippen molar-refractivity contribution in [2.45, 2.75) is 13.3 Å². The molecule has 0 unspecified atom stereocenters. The summed E-state index contributed by atoms with van der Waals surface area (Å²) in [6, 6.07) is 22.3. The van der Waals surface area contributed by atoms with E-state index >= 15 is 0 Å². The Morgan fingerprint density at radius 2 is 1.50 bits per heavy atom. The number of amides is 2. The van der Waals surface area contributed by atoms with Crippen LogP contribution in [0.2, 0.25) is 0 Å². The van der Waals surface area contributed by atoms with E-state index in [2.05, 4.69) is 10.6 Å². The number of anilines is 2. The summed E-state index contributed by atoms with van der Waals surface area (Å²) < 4.78 is 11.5. The van der Waals surface area contributed by atoms with Crippen molar-refractivity contribution in [3.05, 3.63) is 106 Å². The molecule has 168 valence electrons. The summed E-state index contributed by atoms with van der Waals surface area (Å²) in [6.07, 6.45) is 0.777. The molecule has 7 nitrogen and oxygen atoms in total. The van der Waals surface area contributed by atoms with Gasteiger partial charge in [-0.1, -0.05) is 43.3 Å². The minimum Gasteiger partial charge on any atom is -0.451 e. The molecule has 0 aliphatic heterocycles. The van der Waals surface area contributed by atoms with E-state index < -0.39 is 11.8 Å². The molecule has 0 fully saturated rings. The molecule has 0 aliphatic rings. The summed E-state index contributed by atoms with van der Waals surface area (Å²) in [5.74, 6) is -1.42. The normalized spacial score (nSPS) is 11.0.